The van der Waals surface area contributed by atoms with Gasteiger partial charge in [-0.05, 0) is 57.3 Å². The smallest absolute Gasteiger partial charge is 0.352 e. The normalized spacial score (nSPS) is 22.9. The van der Waals surface area contributed by atoms with Gasteiger partial charge in [-0.2, -0.15) is 13.2 Å². The fourth-order valence-corrected chi connectivity index (χ4v) is 4.70. The third-order valence-corrected chi connectivity index (χ3v) is 8.05. The first-order valence-electron chi connectivity index (χ1n) is 9.16. The second-order valence-corrected chi connectivity index (χ2v) is 11.6. The van der Waals surface area contributed by atoms with Crippen LogP contribution in [0.2, 0.25) is 0 Å². The van der Waals surface area contributed by atoms with Crippen LogP contribution in [0.4, 0.5) is 13.2 Å². The Morgan fingerprint density at radius 1 is 1.00 bits per heavy atom. The van der Waals surface area contributed by atoms with E-state index in [0.717, 1.165) is 25.7 Å². The minimum atomic E-state index is -4.40. The van der Waals surface area contributed by atoms with Crippen molar-refractivity contribution in [2.24, 2.45) is 11.3 Å². The average Bonchev–Trinajstić information content (AvgIpc) is 2.44. The molecule has 0 aromatic carbocycles. The van der Waals surface area contributed by atoms with Gasteiger partial charge in [-0.15, -0.1) is 0 Å². The van der Waals surface area contributed by atoms with Crippen molar-refractivity contribution in [1.29, 1.82) is 0 Å². The van der Waals surface area contributed by atoms with Crippen LogP contribution in [0.15, 0.2) is 0 Å². The van der Waals surface area contributed by atoms with Crippen LogP contribution in [0.3, 0.4) is 0 Å². The van der Waals surface area contributed by atoms with Crippen molar-refractivity contribution in [3.63, 3.8) is 0 Å². The van der Waals surface area contributed by atoms with Gasteiger partial charge >= 0.3 is 6.18 Å². The van der Waals surface area contributed by atoms with E-state index in [1.54, 1.807) is 0 Å². The summed E-state index contributed by atoms with van der Waals surface area (Å²) in [5.41, 5.74) is 0.204. The molecular weight excluding hydrogens is 367 g/mol. The summed E-state index contributed by atoms with van der Waals surface area (Å²) < 4.78 is 59.7. The number of carbonyl (C=O) groups is 1. The largest absolute Gasteiger partial charge is 0.389 e. The van der Waals surface area contributed by atoms with Gasteiger partial charge in [0.05, 0.1) is 5.75 Å². The monoisotopic (exact) mass is 399 g/mol. The number of rotatable bonds is 6. The molecule has 0 saturated heterocycles. The average molecular weight is 400 g/mol. The molecule has 4 nitrogen and oxygen atoms in total. The van der Waals surface area contributed by atoms with Crippen molar-refractivity contribution in [3.05, 3.63) is 0 Å². The highest BCUT2D eigenvalue weighted by molar-refractivity contribution is 7.93. The van der Waals surface area contributed by atoms with Crippen LogP contribution in [0.1, 0.15) is 73.1 Å². The van der Waals surface area contributed by atoms with Gasteiger partial charge in [-0.3, -0.25) is 4.79 Å². The van der Waals surface area contributed by atoms with Crippen LogP contribution in [-0.2, 0) is 14.6 Å². The number of amides is 1. The van der Waals surface area contributed by atoms with Gasteiger partial charge in [-0.1, -0.05) is 20.8 Å². The highest BCUT2D eigenvalue weighted by atomic mass is 32.2. The van der Waals surface area contributed by atoms with Crippen LogP contribution >= 0.6 is 0 Å². The summed E-state index contributed by atoms with van der Waals surface area (Å²) in [6.45, 7) is 9.10. The summed E-state index contributed by atoms with van der Waals surface area (Å²) >= 11 is 0. The van der Waals surface area contributed by atoms with E-state index in [2.05, 4.69) is 26.1 Å². The molecule has 26 heavy (non-hydrogen) atoms. The lowest BCUT2D eigenvalue weighted by atomic mass is 9.71. The van der Waals surface area contributed by atoms with Crippen molar-refractivity contribution in [2.75, 3.05) is 5.75 Å². The van der Waals surface area contributed by atoms with Gasteiger partial charge in [0.25, 0.3) is 0 Å². The maximum absolute atomic E-state index is 12.5. The molecule has 0 spiro atoms. The van der Waals surface area contributed by atoms with Gasteiger partial charge in [0.15, 0.2) is 9.84 Å². The molecule has 0 aromatic heterocycles. The maximum Gasteiger partial charge on any atom is 0.389 e. The van der Waals surface area contributed by atoms with Gasteiger partial charge in [0, 0.05) is 12.5 Å². The molecule has 1 saturated carbocycles. The van der Waals surface area contributed by atoms with E-state index >= 15 is 0 Å². The lowest BCUT2D eigenvalue weighted by Gasteiger charge is -2.38. The molecule has 8 heteroatoms. The fraction of sp³-hybridized carbons (Fsp3) is 0.944. The first-order valence-corrected chi connectivity index (χ1v) is 10.8. The zero-order chi connectivity index (χ0) is 20.4. The first-order chi connectivity index (χ1) is 11.6. The number of hydrogen-bond donors (Lipinski definition) is 1. The minimum absolute atomic E-state index is 0.0780. The highest BCUT2D eigenvalue weighted by Gasteiger charge is 2.43. The number of alkyl halides is 3. The van der Waals surface area contributed by atoms with Crippen molar-refractivity contribution >= 4 is 15.7 Å². The number of hydrogen-bond acceptors (Lipinski definition) is 3. The van der Waals surface area contributed by atoms with Gasteiger partial charge in [-0.25, -0.2) is 8.42 Å². The van der Waals surface area contributed by atoms with Gasteiger partial charge < -0.3 is 5.32 Å². The maximum atomic E-state index is 12.5. The number of carbonyl (C=O) groups excluding carboxylic acids is 1. The zero-order valence-electron chi connectivity index (χ0n) is 16.4. The predicted octanol–water partition coefficient (Wildman–Crippen LogP) is 4.24. The van der Waals surface area contributed by atoms with Crippen molar-refractivity contribution in [3.8, 4) is 0 Å². The van der Waals surface area contributed by atoms with Crippen LogP contribution < -0.4 is 5.32 Å². The van der Waals surface area contributed by atoms with E-state index in [-0.39, 0.29) is 11.5 Å². The highest BCUT2D eigenvalue weighted by Crippen LogP contribution is 2.38. The Kier molecular flexibility index (Phi) is 7.21. The molecule has 1 aliphatic rings. The molecule has 0 radical (unpaired) electrons. The second-order valence-electron chi connectivity index (χ2n) is 8.94. The summed E-state index contributed by atoms with van der Waals surface area (Å²) in [6.07, 6.45) is -2.58. The topological polar surface area (TPSA) is 63.2 Å². The third kappa shape index (κ3) is 6.43. The number of sulfone groups is 1. The quantitative estimate of drug-likeness (QED) is 0.726. The fourth-order valence-electron chi connectivity index (χ4n) is 3.32. The van der Waals surface area contributed by atoms with E-state index in [1.807, 2.05) is 0 Å². The molecule has 0 heterocycles. The molecule has 0 bridgehead atoms. The van der Waals surface area contributed by atoms with Gasteiger partial charge in [0.2, 0.25) is 5.91 Å². The molecule has 1 aliphatic carbocycles. The van der Waals surface area contributed by atoms with E-state index in [9.17, 15) is 26.4 Å². The van der Waals surface area contributed by atoms with E-state index in [0.29, 0.717) is 5.92 Å². The Bertz CT molecular complexity index is 584. The lowest BCUT2D eigenvalue weighted by Crippen LogP contribution is -2.52. The van der Waals surface area contributed by atoms with Crippen molar-refractivity contribution in [1.82, 2.24) is 5.32 Å². The molecular formula is C18H32F3NO3S. The van der Waals surface area contributed by atoms with E-state index in [1.165, 1.54) is 13.8 Å². The second kappa shape index (κ2) is 8.07. The van der Waals surface area contributed by atoms with Crippen LogP contribution in [-0.4, -0.2) is 37.0 Å². The van der Waals surface area contributed by atoms with Gasteiger partial charge in [0.1, 0.15) is 4.75 Å². The summed E-state index contributed by atoms with van der Waals surface area (Å²) in [5, 5.41) is 2.80. The minimum Gasteiger partial charge on any atom is -0.352 e. The SMILES string of the molecule is CC(C)(C)C1CCC(NC(=O)C(C)(C)S(=O)(=O)CCCC(F)(F)F)CC1. The van der Waals surface area contributed by atoms with E-state index < -0.39 is 45.3 Å². The first kappa shape index (κ1) is 23.2. The molecule has 1 N–H and O–H groups in total. The Morgan fingerprint density at radius 3 is 1.92 bits per heavy atom. The summed E-state index contributed by atoms with van der Waals surface area (Å²) in [6, 6.07) is -0.0780. The third-order valence-electron chi connectivity index (χ3n) is 5.48. The summed E-state index contributed by atoms with van der Waals surface area (Å²) in [5.74, 6) is -0.706. The number of halogens is 3. The Labute approximate surface area is 155 Å². The molecule has 1 fully saturated rings. The molecule has 1 rings (SSSR count). The zero-order valence-corrected chi connectivity index (χ0v) is 17.2. The molecule has 0 unspecified atom stereocenters. The molecule has 1 amide bonds. The standard InChI is InChI=1S/C18H32F3NO3S/c1-16(2,3)13-7-9-14(10-8-13)22-15(23)17(4,5)26(24,25)12-6-11-18(19,20)21/h13-14H,6-12H2,1-5H3,(H,22,23). The summed E-state index contributed by atoms with van der Waals surface area (Å²) in [4.78, 5) is 12.5. The van der Waals surface area contributed by atoms with Crippen LogP contribution in [0.5, 0.6) is 0 Å². The van der Waals surface area contributed by atoms with Crippen molar-refractivity contribution < 1.29 is 26.4 Å². The van der Waals surface area contributed by atoms with Crippen LogP contribution in [0, 0.1) is 11.3 Å². The molecule has 154 valence electrons. The number of nitrogens with one attached hydrogen (secondary N) is 1. The Hall–Kier alpha value is -0.790. The molecule has 0 aromatic rings. The van der Waals surface area contributed by atoms with E-state index in [4.69, 9.17) is 0 Å². The Balaban J connectivity index is 2.62. The lowest BCUT2D eigenvalue weighted by molar-refractivity contribution is -0.134. The Morgan fingerprint density at radius 2 is 1.50 bits per heavy atom. The van der Waals surface area contributed by atoms with Crippen LogP contribution in [0.25, 0.3) is 0 Å². The molecule has 0 atom stereocenters. The predicted molar refractivity (Wildman–Crippen MR) is 96.5 cm³/mol. The van der Waals surface area contributed by atoms with Crippen molar-refractivity contribution in [2.45, 2.75) is 90.1 Å². The summed E-state index contributed by atoms with van der Waals surface area (Å²) in [7, 11) is -3.98. The molecule has 0 aliphatic heterocycles.